The summed E-state index contributed by atoms with van der Waals surface area (Å²) in [5.74, 6) is -0.0412. The number of imidazole rings is 1. The standard InChI is InChI=1S/C15H14FN5/c1-11(20-15-18-8-13(16)9-19-15)12-2-4-14(5-3-12)21-7-6-17-10-21/h2-11H,1H3,(H,18,19,20)/t11-/m0/s1. The molecule has 0 aliphatic rings. The van der Waals surface area contributed by atoms with Crippen molar-refractivity contribution < 1.29 is 4.39 Å². The minimum atomic E-state index is -0.446. The topological polar surface area (TPSA) is 55.6 Å². The molecule has 3 aromatic rings. The molecule has 0 saturated heterocycles. The fraction of sp³-hybridized carbons (Fsp3) is 0.133. The van der Waals surface area contributed by atoms with Crippen molar-refractivity contribution in [2.24, 2.45) is 0 Å². The molecule has 0 spiro atoms. The molecule has 2 aromatic heterocycles. The summed E-state index contributed by atoms with van der Waals surface area (Å²) in [6.07, 6.45) is 7.67. The molecule has 0 radical (unpaired) electrons. The summed E-state index contributed by atoms with van der Waals surface area (Å²) in [6, 6.07) is 8.10. The summed E-state index contributed by atoms with van der Waals surface area (Å²) < 4.78 is 14.7. The molecule has 1 aromatic carbocycles. The number of hydrogen-bond donors (Lipinski definition) is 1. The van der Waals surface area contributed by atoms with Crippen molar-refractivity contribution in [3.05, 3.63) is 66.8 Å². The lowest BCUT2D eigenvalue weighted by Gasteiger charge is -2.14. The molecule has 106 valence electrons. The molecular weight excluding hydrogens is 269 g/mol. The van der Waals surface area contributed by atoms with Crippen LogP contribution < -0.4 is 5.32 Å². The molecule has 5 nitrogen and oxygen atoms in total. The van der Waals surface area contributed by atoms with Crippen LogP contribution in [0.25, 0.3) is 5.69 Å². The van der Waals surface area contributed by atoms with Crippen molar-refractivity contribution in [1.82, 2.24) is 19.5 Å². The van der Waals surface area contributed by atoms with Crippen LogP contribution in [-0.2, 0) is 0 Å². The molecule has 1 atom stereocenters. The van der Waals surface area contributed by atoms with Crippen molar-refractivity contribution in [3.63, 3.8) is 0 Å². The summed E-state index contributed by atoms with van der Waals surface area (Å²) in [5, 5.41) is 3.13. The Morgan fingerprint density at radius 1 is 1.14 bits per heavy atom. The van der Waals surface area contributed by atoms with Gasteiger partial charge in [-0.15, -0.1) is 0 Å². The van der Waals surface area contributed by atoms with Crippen LogP contribution in [0.3, 0.4) is 0 Å². The zero-order chi connectivity index (χ0) is 14.7. The van der Waals surface area contributed by atoms with Crippen LogP contribution in [0.5, 0.6) is 0 Å². The van der Waals surface area contributed by atoms with Crippen LogP contribution in [0.15, 0.2) is 55.4 Å². The highest BCUT2D eigenvalue weighted by Crippen LogP contribution is 2.18. The fourth-order valence-corrected chi connectivity index (χ4v) is 2.01. The first-order valence-corrected chi connectivity index (χ1v) is 6.55. The second-order valence-corrected chi connectivity index (χ2v) is 4.65. The van der Waals surface area contributed by atoms with Gasteiger partial charge in [-0.1, -0.05) is 12.1 Å². The monoisotopic (exact) mass is 283 g/mol. The summed E-state index contributed by atoms with van der Waals surface area (Å²) >= 11 is 0. The van der Waals surface area contributed by atoms with E-state index in [0.717, 1.165) is 23.6 Å². The average Bonchev–Trinajstić information content (AvgIpc) is 3.04. The molecule has 0 unspecified atom stereocenters. The van der Waals surface area contributed by atoms with Gasteiger partial charge in [-0.05, 0) is 24.6 Å². The molecule has 6 heteroatoms. The minimum Gasteiger partial charge on any atom is -0.348 e. The van der Waals surface area contributed by atoms with Gasteiger partial charge in [0.1, 0.15) is 0 Å². The normalized spacial score (nSPS) is 12.1. The average molecular weight is 283 g/mol. The Hall–Kier alpha value is -2.76. The Balaban J connectivity index is 1.73. The third kappa shape index (κ3) is 3.05. The summed E-state index contributed by atoms with van der Waals surface area (Å²) in [7, 11) is 0. The Bertz CT molecular complexity index is 692. The fourth-order valence-electron chi connectivity index (χ4n) is 2.01. The Morgan fingerprint density at radius 3 is 2.48 bits per heavy atom. The van der Waals surface area contributed by atoms with Crippen molar-refractivity contribution in [3.8, 4) is 5.69 Å². The third-order valence-corrected chi connectivity index (χ3v) is 3.16. The highest BCUT2D eigenvalue weighted by Gasteiger charge is 2.07. The van der Waals surface area contributed by atoms with Gasteiger partial charge in [-0.25, -0.2) is 19.3 Å². The van der Waals surface area contributed by atoms with Crippen molar-refractivity contribution in [2.45, 2.75) is 13.0 Å². The van der Waals surface area contributed by atoms with Gasteiger partial charge >= 0.3 is 0 Å². The second-order valence-electron chi connectivity index (χ2n) is 4.65. The molecule has 0 aliphatic carbocycles. The van der Waals surface area contributed by atoms with E-state index in [0.29, 0.717) is 5.95 Å². The van der Waals surface area contributed by atoms with E-state index in [9.17, 15) is 4.39 Å². The van der Waals surface area contributed by atoms with Gasteiger partial charge in [0, 0.05) is 18.1 Å². The van der Waals surface area contributed by atoms with Crippen LogP contribution in [-0.4, -0.2) is 19.5 Å². The molecule has 21 heavy (non-hydrogen) atoms. The molecule has 1 N–H and O–H groups in total. The number of halogens is 1. The van der Waals surface area contributed by atoms with E-state index < -0.39 is 5.82 Å². The molecule has 0 fully saturated rings. The largest absolute Gasteiger partial charge is 0.348 e. The Morgan fingerprint density at radius 2 is 1.86 bits per heavy atom. The van der Waals surface area contributed by atoms with Gasteiger partial charge in [0.05, 0.1) is 24.8 Å². The Kier molecular flexibility index (Phi) is 3.59. The smallest absolute Gasteiger partial charge is 0.223 e. The Labute approximate surface area is 121 Å². The molecule has 3 rings (SSSR count). The van der Waals surface area contributed by atoms with Crippen LogP contribution in [0.1, 0.15) is 18.5 Å². The van der Waals surface area contributed by atoms with Gasteiger partial charge in [0.15, 0.2) is 5.82 Å². The molecule has 0 saturated carbocycles. The van der Waals surface area contributed by atoms with Crippen molar-refractivity contribution >= 4 is 5.95 Å². The number of rotatable bonds is 4. The molecule has 0 aliphatic heterocycles. The minimum absolute atomic E-state index is 0.0206. The maximum Gasteiger partial charge on any atom is 0.223 e. The first-order chi connectivity index (χ1) is 10.2. The molecule has 0 amide bonds. The van der Waals surface area contributed by atoms with Gasteiger partial charge in [-0.3, -0.25) is 0 Å². The van der Waals surface area contributed by atoms with Crippen LogP contribution in [0.4, 0.5) is 10.3 Å². The maximum atomic E-state index is 12.8. The van der Waals surface area contributed by atoms with Gasteiger partial charge in [0.2, 0.25) is 5.95 Å². The lowest BCUT2D eigenvalue weighted by Crippen LogP contribution is -2.09. The number of anilines is 1. The van der Waals surface area contributed by atoms with Crippen LogP contribution in [0, 0.1) is 5.82 Å². The molecular formula is C15H14FN5. The van der Waals surface area contributed by atoms with Crippen molar-refractivity contribution in [1.29, 1.82) is 0 Å². The van der Waals surface area contributed by atoms with E-state index in [-0.39, 0.29) is 6.04 Å². The lowest BCUT2D eigenvalue weighted by atomic mass is 10.1. The lowest BCUT2D eigenvalue weighted by molar-refractivity contribution is 0.613. The van der Waals surface area contributed by atoms with Gasteiger partial charge in [-0.2, -0.15) is 0 Å². The van der Waals surface area contributed by atoms with E-state index in [1.807, 2.05) is 42.0 Å². The SMILES string of the molecule is C[C@H](Nc1ncc(F)cn1)c1ccc(-n2ccnc2)cc1. The number of aromatic nitrogens is 4. The van der Waals surface area contributed by atoms with Crippen LogP contribution in [0.2, 0.25) is 0 Å². The summed E-state index contributed by atoms with van der Waals surface area (Å²) in [6.45, 7) is 2.00. The summed E-state index contributed by atoms with van der Waals surface area (Å²) in [4.78, 5) is 11.8. The van der Waals surface area contributed by atoms with E-state index in [4.69, 9.17) is 0 Å². The van der Waals surface area contributed by atoms with Gasteiger partial charge < -0.3 is 9.88 Å². The molecule has 2 heterocycles. The summed E-state index contributed by atoms with van der Waals surface area (Å²) in [5.41, 5.74) is 2.13. The zero-order valence-corrected chi connectivity index (χ0v) is 11.4. The van der Waals surface area contributed by atoms with E-state index in [1.165, 1.54) is 0 Å². The van der Waals surface area contributed by atoms with Crippen LogP contribution >= 0.6 is 0 Å². The number of hydrogen-bond acceptors (Lipinski definition) is 4. The predicted octanol–water partition coefficient (Wildman–Crippen LogP) is 2.97. The number of nitrogens with zero attached hydrogens (tertiary/aromatic N) is 4. The molecule has 0 bridgehead atoms. The van der Waals surface area contributed by atoms with Crippen molar-refractivity contribution in [2.75, 3.05) is 5.32 Å². The second kappa shape index (κ2) is 5.70. The highest BCUT2D eigenvalue weighted by atomic mass is 19.1. The quantitative estimate of drug-likeness (QED) is 0.799. The maximum absolute atomic E-state index is 12.8. The third-order valence-electron chi connectivity index (χ3n) is 3.16. The van der Waals surface area contributed by atoms with E-state index in [1.54, 1.807) is 12.5 Å². The number of benzene rings is 1. The highest BCUT2D eigenvalue weighted by molar-refractivity contribution is 5.38. The van der Waals surface area contributed by atoms with Gasteiger partial charge in [0.25, 0.3) is 0 Å². The first kappa shape index (κ1) is 13.2. The first-order valence-electron chi connectivity index (χ1n) is 6.55. The zero-order valence-electron chi connectivity index (χ0n) is 11.4. The number of nitrogens with one attached hydrogen (secondary N) is 1. The van der Waals surface area contributed by atoms with E-state index in [2.05, 4.69) is 20.3 Å². The van der Waals surface area contributed by atoms with E-state index >= 15 is 0 Å². The predicted molar refractivity (Wildman–Crippen MR) is 77.6 cm³/mol.